The van der Waals surface area contributed by atoms with Gasteiger partial charge in [-0.3, -0.25) is 0 Å². The second kappa shape index (κ2) is 4.34. The van der Waals surface area contributed by atoms with Gasteiger partial charge in [0.15, 0.2) is 0 Å². The van der Waals surface area contributed by atoms with Gasteiger partial charge in [-0.25, -0.2) is 0 Å². The molecular weight excluding hydrogens is 210 g/mol. The largest absolute Gasteiger partial charge is 0.497 e. The Bertz CT molecular complexity index is 388. The lowest BCUT2D eigenvalue weighted by atomic mass is 9.67. The molecule has 0 spiro atoms. The summed E-state index contributed by atoms with van der Waals surface area (Å²) < 4.78 is 5.28. The fraction of sp³-hybridized carbons (Fsp3) is 0.600. The molecule has 0 aromatic heterocycles. The molecule has 17 heavy (non-hydrogen) atoms. The summed E-state index contributed by atoms with van der Waals surface area (Å²) in [5, 5.41) is 0. The van der Waals surface area contributed by atoms with Crippen LogP contribution in [0.15, 0.2) is 24.3 Å². The van der Waals surface area contributed by atoms with Gasteiger partial charge in [0.2, 0.25) is 0 Å². The molecule has 0 saturated heterocycles. The molecule has 0 unspecified atom stereocenters. The Morgan fingerprint density at radius 2 is 1.76 bits per heavy atom. The highest BCUT2D eigenvalue weighted by atomic mass is 16.5. The molecule has 2 nitrogen and oxygen atoms in total. The molecule has 94 valence electrons. The van der Waals surface area contributed by atoms with Gasteiger partial charge in [0.05, 0.1) is 7.11 Å². The lowest BCUT2D eigenvalue weighted by Crippen LogP contribution is -2.42. The van der Waals surface area contributed by atoms with E-state index in [1.54, 1.807) is 7.11 Å². The van der Waals surface area contributed by atoms with E-state index in [0.29, 0.717) is 5.41 Å². The Kier molecular flexibility index (Phi) is 3.17. The van der Waals surface area contributed by atoms with Crippen LogP contribution < -0.4 is 10.5 Å². The smallest absolute Gasteiger partial charge is 0.119 e. The molecule has 1 aliphatic rings. The minimum absolute atomic E-state index is 0.163. The van der Waals surface area contributed by atoms with Crippen molar-refractivity contribution in [3.63, 3.8) is 0 Å². The lowest BCUT2D eigenvalue weighted by molar-refractivity contribution is 0.165. The topological polar surface area (TPSA) is 35.2 Å². The number of hydrogen-bond donors (Lipinski definition) is 1. The van der Waals surface area contributed by atoms with Crippen LogP contribution in [0.5, 0.6) is 5.75 Å². The number of rotatable bonds is 2. The highest BCUT2D eigenvalue weighted by Gasteiger charge is 2.36. The second-order valence-electron chi connectivity index (χ2n) is 6.05. The van der Waals surface area contributed by atoms with Crippen molar-refractivity contribution in [2.75, 3.05) is 7.11 Å². The van der Waals surface area contributed by atoms with Gasteiger partial charge in [0, 0.05) is 5.54 Å². The van der Waals surface area contributed by atoms with E-state index in [9.17, 15) is 0 Å². The van der Waals surface area contributed by atoms with Crippen LogP contribution in [0.4, 0.5) is 0 Å². The van der Waals surface area contributed by atoms with Crippen LogP contribution in [0.2, 0.25) is 0 Å². The first kappa shape index (κ1) is 12.4. The third-order valence-corrected chi connectivity index (χ3v) is 4.14. The fourth-order valence-electron chi connectivity index (χ4n) is 2.59. The normalized spacial score (nSPS) is 22.1. The molecule has 1 fully saturated rings. The standard InChI is InChI=1S/C15H23NO/c1-14(2)7-9-15(16,10-8-14)12-5-4-6-13(11-12)17-3/h4-6,11H,7-10,16H2,1-3H3. The van der Waals surface area contributed by atoms with Crippen molar-refractivity contribution >= 4 is 0 Å². The number of methoxy groups -OCH3 is 1. The van der Waals surface area contributed by atoms with Gasteiger partial charge in [0.1, 0.15) is 5.75 Å². The Morgan fingerprint density at radius 3 is 2.35 bits per heavy atom. The van der Waals surface area contributed by atoms with Gasteiger partial charge in [-0.2, -0.15) is 0 Å². The maximum Gasteiger partial charge on any atom is 0.119 e. The SMILES string of the molecule is COc1cccc(C2(N)CCC(C)(C)CC2)c1. The molecule has 0 heterocycles. The van der Waals surface area contributed by atoms with Crippen LogP contribution in [0, 0.1) is 5.41 Å². The first-order chi connectivity index (χ1) is 7.95. The monoisotopic (exact) mass is 233 g/mol. The summed E-state index contributed by atoms with van der Waals surface area (Å²) in [5.41, 5.74) is 8.07. The average molecular weight is 233 g/mol. The zero-order valence-corrected chi connectivity index (χ0v) is 11.1. The lowest BCUT2D eigenvalue weighted by Gasteiger charge is -2.41. The molecule has 2 N–H and O–H groups in total. The highest BCUT2D eigenvalue weighted by molar-refractivity contribution is 5.33. The van der Waals surface area contributed by atoms with E-state index in [1.165, 1.54) is 18.4 Å². The molecule has 1 aromatic carbocycles. The van der Waals surface area contributed by atoms with Crippen LogP contribution in [0.25, 0.3) is 0 Å². The number of ether oxygens (including phenoxy) is 1. The molecule has 0 atom stereocenters. The van der Waals surface area contributed by atoms with E-state index in [1.807, 2.05) is 12.1 Å². The summed E-state index contributed by atoms with van der Waals surface area (Å²) in [5.74, 6) is 0.900. The maximum absolute atomic E-state index is 6.57. The van der Waals surface area contributed by atoms with Crippen molar-refractivity contribution < 1.29 is 4.74 Å². The summed E-state index contributed by atoms with van der Waals surface area (Å²) in [6, 6.07) is 8.21. The Labute approximate surface area is 104 Å². The Morgan fingerprint density at radius 1 is 1.12 bits per heavy atom. The molecule has 1 saturated carbocycles. The first-order valence-corrected chi connectivity index (χ1v) is 6.39. The van der Waals surface area contributed by atoms with E-state index in [0.717, 1.165) is 18.6 Å². The Balaban J connectivity index is 2.21. The predicted octanol–water partition coefficient (Wildman–Crippen LogP) is 3.45. The van der Waals surface area contributed by atoms with Gasteiger partial charge in [-0.1, -0.05) is 26.0 Å². The van der Waals surface area contributed by atoms with E-state index < -0.39 is 0 Å². The fourth-order valence-corrected chi connectivity index (χ4v) is 2.59. The molecule has 0 aliphatic heterocycles. The van der Waals surface area contributed by atoms with E-state index in [-0.39, 0.29) is 5.54 Å². The van der Waals surface area contributed by atoms with E-state index in [2.05, 4.69) is 26.0 Å². The van der Waals surface area contributed by atoms with Crippen LogP contribution >= 0.6 is 0 Å². The molecule has 2 heteroatoms. The summed E-state index contributed by atoms with van der Waals surface area (Å²) in [4.78, 5) is 0. The first-order valence-electron chi connectivity index (χ1n) is 6.39. The zero-order valence-electron chi connectivity index (χ0n) is 11.1. The third kappa shape index (κ3) is 2.63. The van der Waals surface area contributed by atoms with Crippen molar-refractivity contribution in [2.45, 2.75) is 45.1 Å². The van der Waals surface area contributed by atoms with E-state index in [4.69, 9.17) is 10.5 Å². The third-order valence-electron chi connectivity index (χ3n) is 4.14. The maximum atomic E-state index is 6.57. The van der Waals surface area contributed by atoms with Crippen LogP contribution in [-0.4, -0.2) is 7.11 Å². The summed E-state index contributed by atoms with van der Waals surface area (Å²) >= 11 is 0. The molecule has 0 amide bonds. The highest BCUT2D eigenvalue weighted by Crippen LogP contribution is 2.44. The van der Waals surface area contributed by atoms with Gasteiger partial charge in [-0.05, 0) is 48.8 Å². The molecule has 2 rings (SSSR count). The van der Waals surface area contributed by atoms with Gasteiger partial charge in [-0.15, -0.1) is 0 Å². The van der Waals surface area contributed by atoms with Crippen LogP contribution in [0.1, 0.15) is 45.1 Å². The van der Waals surface area contributed by atoms with Gasteiger partial charge >= 0.3 is 0 Å². The minimum Gasteiger partial charge on any atom is -0.497 e. The summed E-state index contributed by atoms with van der Waals surface area (Å²) in [6.45, 7) is 4.66. The number of benzene rings is 1. The van der Waals surface area contributed by atoms with Crippen LogP contribution in [0.3, 0.4) is 0 Å². The predicted molar refractivity (Wildman–Crippen MR) is 71.1 cm³/mol. The van der Waals surface area contributed by atoms with Crippen molar-refractivity contribution in [3.8, 4) is 5.75 Å². The van der Waals surface area contributed by atoms with Crippen molar-refractivity contribution in [2.24, 2.45) is 11.1 Å². The molecule has 0 bridgehead atoms. The summed E-state index contributed by atoms with van der Waals surface area (Å²) in [6.07, 6.45) is 4.52. The molecular formula is C15H23NO. The molecule has 1 aromatic rings. The van der Waals surface area contributed by atoms with Gasteiger partial charge < -0.3 is 10.5 Å². The number of hydrogen-bond acceptors (Lipinski definition) is 2. The minimum atomic E-state index is -0.163. The van der Waals surface area contributed by atoms with Crippen LogP contribution in [-0.2, 0) is 5.54 Å². The number of nitrogens with two attached hydrogens (primary N) is 1. The van der Waals surface area contributed by atoms with Crippen molar-refractivity contribution in [3.05, 3.63) is 29.8 Å². The molecule has 0 radical (unpaired) electrons. The molecule has 1 aliphatic carbocycles. The Hall–Kier alpha value is -1.02. The summed E-state index contributed by atoms with van der Waals surface area (Å²) in [7, 11) is 1.70. The second-order valence-corrected chi connectivity index (χ2v) is 6.05. The van der Waals surface area contributed by atoms with Crippen molar-refractivity contribution in [1.29, 1.82) is 0 Å². The van der Waals surface area contributed by atoms with Gasteiger partial charge in [0.25, 0.3) is 0 Å². The zero-order chi connectivity index (χ0) is 12.5. The average Bonchev–Trinajstić information content (AvgIpc) is 2.33. The van der Waals surface area contributed by atoms with E-state index >= 15 is 0 Å². The quantitative estimate of drug-likeness (QED) is 0.849. The van der Waals surface area contributed by atoms with Crippen molar-refractivity contribution in [1.82, 2.24) is 0 Å².